The Morgan fingerprint density at radius 1 is 1.36 bits per heavy atom. The van der Waals surface area contributed by atoms with Crippen molar-refractivity contribution < 1.29 is 4.79 Å². The molecule has 0 aliphatic rings. The number of para-hydroxylation sites is 1. The van der Waals surface area contributed by atoms with Gasteiger partial charge in [0.25, 0.3) is 5.91 Å². The van der Waals surface area contributed by atoms with Crippen LogP contribution in [0.25, 0.3) is 0 Å². The number of rotatable bonds is 5. The zero-order valence-electron chi connectivity index (χ0n) is 12.6. The van der Waals surface area contributed by atoms with Gasteiger partial charge in [-0.3, -0.25) is 4.79 Å². The maximum Gasteiger partial charge on any atom is 0.257 e. The minimum atomic E-state index is -0.250. The molecule has 2 aromatic rings. The van der Waals surface area contributed by atoms with Crippen molar-refractivity contribution in [3.8, 4) is 6.07 Å². The maximum atomic E-state index is 12.4. The number of benzene rings is 1. The summed E-state index contributed by atoms with van der Waals surface area (Å²) < 4.78 is 0. The van der Waals surface area contributed by atoms with E-state index in [-0.39, 0.29) is 5.91 Å². The minimum Gasteiger partial charge on any atom is -0.322 e. The standard InChI is InChI=1S/C17H17N3OS/c1-3-9-22-17-13(11-18)10-15(12(2)19-17)16(21)20-14-7-5-4-6-8-14/h4-8,10H,3,9H2,1-2H3,(H,20,21). The Kier molecular flexibility index (Phi) is 5.56. The lowest BCUT2D eigenvalue weighted by molar-refractivity contribution is 0.102. The van der Waals surface area contributed by atoms with Crippen LogP contribution in [0.1, 0.15) is 35.0 Å². The van der Waals surface area contributed by atoms with Crippen LogP contribution >= 0.6 is 11.8 Å². The molecule has 2 rings (SSSR count). The number of nitrogens with one attached hydrogen (secondary N) is 1. The van der Waals surface area contributed by atoms with E-state index in [1.807, 2.05) is 30.3 Å². The molecular weight excluding hydrogens is 294 g/mol. The first-order chi connectivity index (χ1) is 10.7. The molecule has 0 saturated carbocycles. The van der Waals surface area contributed by atoms with Gasteiger partial charge in [0.05, 0.1) is 16.8 Å². The van der Waals surface area contributed by atoms with E-state index in [0.717, 1.165) is 17.9 Å². The third-order valence-electron chi connectivity index (χ3n) is 3.02. The van der Waals surface area contributed by atoms with Gasteiger partial charge in [-0.1, -0.05) is 25.1 Å². The fourth-order valence-electron chi connectivity index (χ4n) is 1.92. The largest absolute Gasteiger partial charge is 0.322 e. The molecule has 0 radical (unpaired) electrons. The molecule has 0 bridgehead atoms. The number of thioether (sulfide) groups is 1. The number of nitriles is 1. The van der Waals surface area contributed by atoms with E-state index in [0.29, 0.717) is 21.8 Å². The quantitative estimate of drug-likeness (QED) is 0.847. The van der Waals surface area contributed by atoms with Crippen molar-refractivity contribution in [2.75, 3.05) is 11.1 Å². The molecule has 1 amide bonds. The lowest BCUT2D eigenvalue weighted by Crippen LogP contribution is -2.15. The van der Waals surface area contributed by atoms with Gasteiger partial charge in [0.15, 0.2) is 0 Å². The molecule has 1 N–H and O–H groups in total. The fraction of sp³-hybridized carbons (Fsp3) is 0.235. The van der Waals surface area contributed by atoms with Crippen LogP contribution in [0.2, 0.25) is 0 Å². The highest BCUT2D eigenvalue weighted by atomic mass is 32.2. The summed E-state index contributed by atoms with van der Waals surface area (Å²) in [5.41, 5.74) is 2.23. The summed E-state index contributed by atoms with van der Waals surface area (Å²) in [4.78, 5) is 16.8. The number of nitrogens with zero attached hydrogens (tertiary/aromatic N) is 2. The Morgan fingerprint density at radius 2 is 2.09 bits per heavy atom. The van der Waals surface area contributed by atoms with Gasteiger partial charge in [0.1, 0.15) is 11.1 Å². The number of amides is 1. The van der Waals surface area contributed by atoms with Crippen LogP contribution in [0, 0.1) is 18.3 Å². The van der Waals surface area contributed by atoms with Crippen LogP contribution in [-0.4, -0.2) is 16.6 Å². The second kappa shape index (κ2) is 7.62. The molecule has 1 heterocycles. The number of hydrogen-bond donors (Lipinski definition) is 1. The Hall–Kier alpha value is -2.32. The summed E-state index contributed by atoms with van der Waals surface area (Å²) in [6, 6.07) is 13.0. The highest BCUT2D eigenvalue weighted by molar-refractivity contribution is 7.99. The molecule has 0 atom stereocenters. The van der Waals surface area contributed by atoms with Gasteiger partial charge in [-0.15, -0.1) is 11.8 Å². The number of carbonyl (C=O) groups excluding carboxylic acids is 1. The van der Waals surface area contributed by atoms with E-state index in [1.54, 1.807) is 24.8 Å². The van der Waals surface area contributed by atoms with Gasteiger partial charge in [-0.2, -0.15) is 5.26 Å². The summed E-state index contributed by atoms with van der Waals surface area (Å²) in [7, 11) is 0. The predicted octanol–water partition coefficient (Wildman–Crippen LogP) is 4.02. The van der Waals surface area contributed by atoms with Crippen molar-refractivity contribution in [3.05, 3.63) is 53.2 Å². The van der Waals surface area contributed by atoms with Crippen LogP contribution in [0.15, 0.2) is 41.4 Å². The third-order valence-corrected chi connectivity index (χ3v) is 4.21. The van der Waals surface area contributed by atoms with Crippen molar-refractivity contribution in [2.45, 2.75) is 25.3 Å². The van der Waals surface area contributed by atoms with Crippen molar-refractivity contribution in [2.24, 2.45) is 0 Å². The summed E-state index contributed by atoms with van der Waals surface area (Å²) in [6.07, 6.45) is 1.01. The van der Waals surface area contributed by atoms with E-state index < -0.39 is 0 Å². The summed E-state index contributed by atoms with van der Waals surface area (Å²) in [5.74, 6) is 0.649. The summed E-state index contributed by atoms with van der Waals surface area (Å²) in [5, 5.41) is 12.8. The average Bonchev–Trinajstić information content (AvgIpc) is 2.53. The minimum absolute atomic E-state index is 0.250. The molecule has 0 aliphatic carbocycles. The van der Waals surface area contributed by atoms with E-state index in [2.05, 4.69) is 23.3 Å². The van der Waals surface area contributed by atoms with Gasteiger partial charge in [-0.05, 0) is 37.3 Å². The zero-order valence-corrected chi connectivity index (χ0v) is 13.4. The molecule has 0 fully saturated rings. The van der Waals surface area contributed by atoms with E-state index in [1.165, 1.54) is 0 Å². The monoisotopic (exact) mass is 311 g/mol. The molecule has 0 spiro atoms. The second-order valence-electron chi connectivity index (χ2n) is 4.75. The first-order valence-corrected chi connectivity index (χ1v) is 8.05. The Labute approximate surface area is 134 Å². The van der Waals surface area contributed by atoms with E-state index >= 15 is 0 Å². The summed E-state index contributed by atoms with van der Waals surface area (Å²) >= 11 is 1.54. The average molecular weight is 311 g/mol. The Balaban J connectivity index is 2.27. The molecular formula is C17H17N3OS. The Morgan fingerprint density at radius 3 is 2.73 bits per heavy atom. The van der Waals surface area contributed by atoms with Crippen LogP contribution in [0.3, 0.4) is 0 Å². The van der Waals surface area contributed by atoms with Gasteiger partial charge in [-0.25, -0.2) is 4.98 Å². The SMILES string of the molecule is CCCSc1nc(C)c(C(=O)Nc2ccccc2)cc1C#N. The van der Waals surface area contributed by atoms with Gasteiger partial charge >= 0.3 is 0 Å². The zero-order chi connectivity index (χ0) is 15.9. The molecule has 0 aliphatic heterocycles. The van der Waals surface area contributed by atoms with Crippen LogP contribution in [0.5, 0.6) is 0 Å². The highest BCUT2D eigenvalue weighted by Crippen LogP contribution is 2.23. The van der Waals surface area contributed by atoms with E-state index in [9.17, 15) is 10.1 Å². The number of anilines is 1. The summed E-state index contributed by atoms with van der Waals surface area (Å²) in [6.45, 7) is 3.87. The van der Waals surface area contributed by atoms with Crippen LogP contribution < -0.4 is 5.32 Å². The number of aryl methyl sites for hydroxylation is 1. The smallest absolute Gasteiger partial charge is 0.257 e. The van der Waals surface area contributed by atoms with Gasteiger partial charge in [0.2, 0.25) is 0 Å². The van der Waals surface area contributed by atoms with Gasteiger partial charge in [0, 0.05) is 5.69 Å². The second-order valence-corrected chi connectivity index (χ2v) is 5.84. The molecule has 0 unspecified atom stereocenters. The lowest BCUT2D eigenvalue weighted by atomic mass is 10.1. The maximum absolute atomic E-state index is 12.4. The highest BCUT2D eigenvalue weighted by Gasteiger charge is 2.15. The topological polar surface area (TPSA) is 65.8 Å². The molecule has 1 aromatic heterocycles. The molecule has 5 heteroatoms. The predicted molar refractivity (Wildman–Crippen MR) is 89.1 cm³/mol. The van der Waals surface area contributed by atoms with Crippen molar-refractivity contribution >= 4 is 23.4 Å². The van der Waals surface area contributed by atoms with Crippen molar-refractivity contribution in [3.63, 3.8) is 0 Å². The first kappa shape index (κ1) is 16.1. The van der Waals surface area contributed by atoms with Gasteiger partial charge < -0.3 is 5.32 Å². The molecule has 112 valence electrons. The Bertz CT molecular complexity index is 708. The number of aromatic nitrogens is 1. The number of carbonyl (C=O) groups is 1. The fourth-order valence-corrected chi connectivity index (χ4v) is 2.78. The van der Waals surface area contributed by atoms with Crippen LogP contribution in [0.4, 0.5) is 5.69 Å². The first-order valence-electron chi connectivity index (χ1n) is 7.06. The van der Waals surface area contributed by atoms with Crippen molar-refractivity contribution in [1.29, 1.82) is 5.26 Å². The van der Waals surface area contributed by atoms with E-state index in [4.69, 9.17) is 0 Å². The molecule has 22 heavy (non-hydrogen) atoms. The molecule has 1 aromatic carbocycles. The lowest BCUT2D eigenvalue weighted by Gasteiger charge is -2.10. The van der Waals surface area contributed by atoms with Crippen LogP contribution in [-0.2, 0) is 0 Å². The normalized spacial score (nSPS) is 10.0. The van der Waals surface area contributed by atoms with Crippen molar-refractivity contribution in [1.82, 2.24) is 4.98 Å². The molecule has 0 saturated heterocycles. The third kappa shape index (κ3) is 3.86. The number of hydrogen-bond acceptors (Lipinski definition) is 4. The number of pyridine rings is 1. The molecule has 4 nitrogen and oxygen atoms in total.